The van der Waals surface area contributed by atoms with Gasteiger partial charge in [-0.2, -0.15) is 0 Å². The quantitative estimate of drug-likeness (QED) is 0.734. The van der Waals surface area contributed by atoms with Gasteiger partial charge in [0.2, 0.25) is 10.0 Å². The van der Waals surface area contributed by atoms with Crippen molar-refractivity contribution in [1.82, 2.24) is 10.0 Å². The summed E-state index contributed by atoms with van der Waals surface area (Å²) in [4.78, 5) is 0.320. The van der Waals surface area contributed by atoms with Gasteiger partial charge in [-0.3, -0.25) is 0 Å². The number of nitrogens with one attached hydrogen (secondary N) is 2. The molecule has 1 aromatic carbocycles. The summed E-state index contributed by atoms with van der Waals surface area (Å²) in [6.45, 7) is 4.66. The van der Waals surface area contributed by atoms with E-state index in [0.29, 0.717) is 22.0 Å². The van der Waals surface area contributed by atoms with Crippen LogP contribution >= 0.6 is 15.9 Å². The normalized spacial score (nSPS) is 16.9. The molecule has 1 unspecified atom stereocenters. The van der Waals surface area contributed by atoms with E-state index in [2.05, 4.69) is 26.0 Å². The average molecular weight is 375 g/mol. The van der Waals surface area contributed by atoms with Crippen molar-refractivity contribution in [2.75, 3.05) is 0 Å². The molecule has 2 rings (SSSR count). The molecule has 0 radical (unpaired) electrons. The van der Waals surface area contributed by atoms with Crippen molar-refractivity contribution in [3.8, 4) is 0 Å². The van der Waals surface area contributed by atoms with Gasteiger partial charge in [-0.15, -0.1) is 0 Å². The fraction of sp³-hybridized carbons (Fsp3) is 0.600. The van der Waals surface area contributed by atoms with Crippen LogP contribution in [-0.2, 0) is 16.6 Å². The van der Waals surface area contributed by atoms with Gasteiger partial charge in [-0.25, -0.2) is 13.1 Å². The van der Waals surface area contributed by atoms with Crippen molar-refractivity contribution in [3.05, 3.63) is 28.2 Å². The summed E-state index contributed by atoms with van der Waals surface area (Å²) in [6.07, 6.45) is 4.23. The topological polar surface area (TPSA) is 58.2 Å². The smallest absolute Gasteiger partial charge is 0.241 e. The Morgan fingerprint density at radius 3 is 2.71 bits per heavy atom. The summed E-state index contributed by atoms with van der Waals surface area (Å²) in [5.74, 6) is 0. The zero-order valence-electron chi connectivity index (χ0n) is 12.5. The molecule has 1 saturated carbocycles. The molecular weight excluding hydrogens is 352 g/mol. The summed E-state index contributed by atoms with van der Waals surface area (Å²) in [7, 11) is -3.48. The molecule has 0 aromatic heterocycles. The number of halogens is 1. The molecule has 0 spiro atoms. The molecule has 4 nitrogen and oxygen atoms in total. The summed E-state index contributed by atoms with van der Waals surface area (Å²) in [6, 6.07) is 6.06. The molecule has 1 aliphatic rings. The van der Waals surface area contributed by atoms with Gasteiger partial charge in [-0.1, -0.05) is 19.4 Å². The molecule has 1 fully saturated rings. The van der Waals surface area contributed by atoms with Crippen molar-refractivity contribution in [1.29, 1.82) is 0 Å². The van der Waals surface area contributed by atoms with E-state index in [9.17, 15) is 8.42 Å². The minimum absolute atomic E-state index is 0.0554. The highest BCUT2D eigenvalue weighted by atomic mass is 79.9. The number of hydrogen-bond acceptors (Lipinski definition) is 3. The lowest BCUT2D eigenvalue weighted by Crippen LogP contribution is -2.32. The maximum absolute atomic E-state index is 12.5. The third kappa shape index (κ3) is 5.06. The Hall–Kier alpha value is -0.430. The average Bonchev–Trinajstić information content (AvgIpc) is 3.21. The zero-order valence-corrected chi connectivity index (χ0v) is 14.9. The van der Waals surface area contributed by atoms with Crippen LogP contribution in [0.2, 0.25) is 0 Å². The van der Waals surface area contributed by atoms with Crippen molar-refractivity contribution in [2.24, 2.45) is 0 Å². The maximum Gasteiger partial charge on any atom is 0.241 e. The molecule has 1 aromatic rings. The minimum Gasteiger partial charge on any atom is -0.310 e. The predicted molar refractivity (Wildman–Crippen MR) is 88.7 cm³/mol. The first-order valence-corrected chi connectivity index (χ1v) is 9.74. The van der Waals surface area contributed by atoms with Crippen molar-refractivity contribution in [3.63, 3.8) is 0 Å². The van der Waals surface area contributed by atoms with Crippen LogP contribution in [0.4, 0.5) is 0 Å². The van der Waals surface area contributed by atoms with E-state index in [1.165, 1.54) is 12.8 Å². The Morgan fingerprint density at radius 1 is 1.38 bits per heavy atom. The van der Waals surface area contributed by atoms with E-state index in [4.69, 9.17) is 0 Å². The van der Waals surface area contributed by atoms with Gasteiger partial charge < -0.3 is 5.32 Å². The largest absolute Gasteiger partial charge is 0.310 e. The Balaban J connectivity index is 2.13. The van der Waals surface area contributed by atoms with Crippen molar-refractivity contribution in [2.45, 2.75) is 63.1 Å². The zero-order chi connectivity index (χ0) is 15.5. The molecule has 1 aliphatic carbocycles. The second-order valence-electron chi connectivity index (χ2n) is 5.73. The number of benzene rings is 1. The van der Waals surface area contributed by atoms with Crippen LogP contribution in [0, 0.1) is 0 Å². The monoisotopic (exact) mass is 374 g/mol. The van der Waals surface area contributed by atoms with Crippen LogP contribution in [0.3, 0.4) is 0 Å². The highest BCUT2D eigenvalue weighted by molar-refractivity contribution is 9.10. The Labute approximate surface area is 135 Å². The first kappa shape index (κ1) is 16.9. The van der Waals surface area contributed by atoms with Gasteiger partial charge in [0.15, 0.2) is 0 Å². The lowest BCUT2D eigenvalue weighted by Gasteiger charge is -2.15. The van der Waals surface area contributed by atoms with Crippen LogP contribution in [0.1, 0.15) is 45.1 Å². The third-order valence-corrected chi connectivity index (χ3v) is 6.12. The van der Waals surface area contributed by atoms with Crippen LogP contribution in [0.15, 0.2) is 27.6 Å². The SMILES string of the molecule is CCCC(C)NS(=O)(=O)c1cc(CNC2CC2)ccc1Br. The number of rotatable bonds is 8. The van der Waals surface area contributed by atoms with E-state index in [1.54, 1.807) is 6.07 Å². The lowest BCUT2D eigenvalue weighted by atomic mass is 10.2. The van der Waals surface area contributed by atoms with Gasteiger partial charge in [0.05, 0.1) is 4.90 Å². The maximum atomic E-state index is 12.5. The van der Waals surface area contributed by atoms with Crippen LogP contribution in [0.25, 0.3) is 0 Å². The Morgan fingerprint density at radius 2 is 2.10 bits per heavy atom. The lowest BCUT2D eigenvalue weighted by molar-refractivity contribution is 0.543. The second kappa shape index (κ2) is 7.22. The van der Waals surface area contributed by atoms with E-state index in [-0.39, 0.29) is 6.04 Å². The minimum atomic E-state index is -3.48. The Kier molecular flexibility index (Phi) is 5.82. The highest BCUT2D eigenvalue weighted by Crippen LogP contribution is 2.25. The molecule has 118 valence electrons. The molecule has 21 heavy (non-hydrogen) atoms. The van der Waals surface area contributed by atoms with Crippen LogP contribution < -0.4 is 10.0 Å². The van der Waals surface area contributed by atoms with Crippen molar-refractivity contribution < 1.29 is 8.42 Å². The third-order valence-electron chi connectivity index (χ3n) is 3.54. The van der Waals surface area contributed by atoms with E-state index in [0.717, 1.165) is 18.4 Å². The standard InChI is InChI=1S/C15H23BrN2O2S/c1-3-4-11(2)18-21(19,20)15-9-12(5-8-14(15)16)10-17-13-6-7-13/h5,8-9,11,13,17-18H,3-4,6-7,10H2,1-2H3. The van der Waals surface area contributed by atoms with E-state index in [1.807, 2.05) is 26.0 Å². The summed E-state index contributed by atoms with van der Waals surface area (Å²) in [5.41, 5.74) is 0.994. The van der Waals surface area contributed by atoms with Crippen LogP contribution in [0.5, 0.6) is 0 Å². The molecule has 0 bridgehead atoms. The van der Waals surface area contributed by atoms with E-state index >= 15 is 0 Å². The van der Waals surface area contributed by atoms with E-state index < -0.39 is 10.0 Å². The summed E-state index contributed by atoms with van der Waals surface area (Å²) in [5, 5.41) is 3.40. The van der Waals surface area contributed by atoms with Gasteiger partial charge in [0.1, 0.15) is 0 Å². The number of sulfonamides is 1. The van der Waals surface area contributed by atoms with Gasteiger partial charge in [-0.05, 0) is 59.8 Å². The summed E-state index contributed by atoms with van der Waals surface area (Å²) >= 11 is 3.35. The second-order valence-corrected chi connectivity index (χ2v) is 8.27. The molecule has 0 amide bonds. The van der Waals surface area contributed by atoms with Gasteiger partial charge >= 0.3 is 0 Å². The predicted octanol–water partition coefficient (Wildman–Crippen LogP) is 3.17. The molecule has 0 saturated heterocycles. The molecule has 1 atom stereocenters. The van der Waals surface area contributed by atoms with Crippen LogP contribution in [-0.4, -0.2) is 20.5 Å². The summed E-state index contributed by atoms with van der Waals surface area (Å²) < 4.78 is 28.3. The molecule has 2 N–H and O–H groups in total. The van der Waals surface area contributed by atoms with Gasteiger partial charge in [0.25, 0.3) is 0 Å². The highest BCUT2D eigenvalue weighted by Gasteiger charge is 2.22. The first-order chi connectivity index (χ1) is 9.92. The number of hydrogen-bond donors (Lipinski definition) is 2. The molecule has 0 aliphatic heterocycles. The fourth-order valence-electron chi connectivity index (χ4n) is 2.23. The molecule has 0 heterocycles. The Bertz CT molecular complexity index is 585. The van der Waals surface area contributed by atoms with Gasteiger partial charge in [0, 0.05) is 23.1 Å². The molecule has 6 heteroatoms. The fourth-order valence-corrected chi connectivity index (χ4v) is 4.53. The first-order valence-electron chi connectivity index (χ1n) is 7.46. The van der Waals surface area contributed by atoms with Crippen molar-refractivity contribution >= 4 is 26.0 Å². The molecular formula is C15H23BrN2O2S.